The average molecular weight is 288 g/mol. The van der Waals surface area contributed by atoms with E-state index in [1.165, 1.54) is 18.6 Å². The van der Waals surface area contributed by atoms with Crippen LogP contribution in [-0.4, -0.2) is 0 Å². The fourth-order valence-corrected chi connectivity index (χ4v) is 1.98. The Hall–Kier alpha value is -1.20. The number of hydrogen-bond acceptors (Lipinski definition) is 2. The second-order valence-electron chi connectivity index (χ2n) is 3.30. The lowest BCUT2D eigenvalue weighted by Gasteiger charge is -2.12. The number of nitrogens with two attached hydrogens (primary N) is 1. The standard InChI is InChI=1S/C11H8BrF2NO/c12-9-7(1-2-8(13)10(9)14)11(15)6-3-4-16-5-6/h1-5,11H,15H2. The van der Waals surface area contributed by atoms with Crippen molar-refractivity contribution in [2.24, 2.45) is 5.73 Å². The Morgan fingerprint density at radius 3 is 2.62 bits per heavy atom. The summed E-state index contributed by atoms with van der Waals surface area (Å²) in [5.74, 6) is -1.84. The highest BCUT2D eigenvalue weighted by molar-refractivity contribution is 9.10. The molecule has 0 aliphatic heterocycles. The topological polar surface area (TPSA) is 39.2 Å². The predicted octanol–water partition coefficient (Wildman–Crippen LogP) is 3.37. The van der Waals surface area contributed by atoms with Crippen LogP contribution in [0.2, 0.25) is 0 Å². The van der Waals surface area contributed by atoms with E-state index in [0.29, 0.717) is 11.1 Å². The summed E-state index contributed by atoms with van der Waals surface area (Å²) in [7, 11) is 0. The Morgan fingerprint density at radius 2 is 2.00 bits per heavy atom. The van der Waals surface area contributed by atoms with Gasteiger partial charge in [0.25, 0.3) is 0 Å². The molecule has 84 valence electrons. The van der Waals surface area contributed by atoms with Crippen LogP contribution in [0.1, 0.15) is 17.2 Å². The SMILES string of the molecule is NC(c1ccoc1)c1ccc(F)c(F)c1Br. The van der Waals surface area contributed by atoms with Crippen molar-refractivity contribution in [2.45, 2.75) is 6.04 Å². The number of halogens is 3. The molecule has 0 fully saturated rings. The lowest BCUT2D eigenvalue weighted by atomic mass is 10.0. The Bertz CT molecular complexity index is 499. The van der Waals surface area contributed by atoms with Gasteiger partial charge in [0, 0.05) is 5.56 Å². The van der Waals surface area contributed by atoms with E-state index in [-0.39, 0.29) is 4.47 Å². The van der Waals surface area contributed by atoms with E-state index in [1.54, 1.807) is 6.07 Å². The van der Waals surface area contributed by atoms with Gasteiger partial charge in [-0.15, -0.1) is 0 Å². The molecule has 0 saturated heterocycles. The van der Waals surface area contributed by atoms with Gasteiger partial charge < -0.3 is 10.2 Å². The van der Waals surface area contributed by atoms with E-state index in [9.17, 15) is 8.78 Å². The molecular formula is C11H8BrF2NO. The average Bonchev–Trinajstić information content (AvgIpc) is 2.79. The highest BCUT2D eigenvalue weighted by Gasteiger charge is 2.18. The van der Waals surface area contributed by atoms with Crippen molar-refractivity contribution < 1.29 is 13.2 Å². The molecule has 2 nitrogen and oxygen atoms in total. The minimum Gasteiger partial charge on any atom is -0.472 e. The summed E-state index contributed by atoms with van der Waals surface area (Å²) in [5, 5.41) is 0. The Kier molecular flexibility index (Phi) is 3.07. The predicted molar refractivity (Wildman–Crippen MR) is 58.8 cm³/mol. The molecule has 1 aromatic heterocycles. The summed E-state index contributed by atoms with van der Waals surface area (Å²) in [4.78, 5) is 0. The van der Waals surface area contributed by atoms with E-state index >= 15 is 0 Å². The minimum absolute atomic E-state index is 0.0428. The normalized spacial score (nSPS) is 12.8. The fourth-order valence-electron chi connectivity index (χ4n) is 1.41. The largest absolute Gasteiger partial charge is 0.472 e. The molecule has 2 rings (SSSR count). The molecule has 1 aromatic carbocycles. The number of rotatable bonds is 2. The molecule has 2 aromatic rings. The monoisotopic (exact) mass is 287 g/mol. The van der Waals surface area contributed by atoms with Gasteiger partial charge >= 0.3 is 0 Å². The second-order valence-corrected chi connectivity index (χ2v) is 4.09. The molecule has 1 heterocycles. The quantitative estimate of drug-likeness (QED) is 0.860. The number of benzene rings is 1. The van der Waals surface area contributed by atoms with Gasteiger partial charge in [-0.2, -0.15) is 0 Å². The van der Waals surface area contributed by atoms with Crippen LogP contribution in [0.25, 0.3) is 0 Å². The van der Waals surface area contributed by atoms with Gasteiger partial charge in [-0.25, -0.2) is 8.78 Å². The maximum absolute atomic E-state index is 13.3. The zero-order valence-electron chi connectivity index (χ0n) is 8.08. The van der Waals surface area contributed by atoms with Crippen LogP contribution < -0.4 is 5.73 Å². The van der Waals surface area contributed by atoms with Crippen molar-refractivity contribution >= 4 is 15.9 Å². The van der Waals surface area contributed by atoms with Crippen LogP contribution in [0, 0.1) is 11.6 Å². The summed E-state index contributed by atoms with van der Waals surface area (Å²) in [6.45, 7) is 0. The third-order valence-electron chi connectivity index (χ3n) is 2.30. The highest BCUT2D eigenvalue weighted by Crippen LogP contribution is 2.30. The third-order valence-corrected chi connectivity index (χ3v) is 3.11. The van der Waals surface area contributed by atoms with E-state index < -0.39 is 17.7 Å². The molecule has 0 saturated carbocycles. The van der Waals surface area contributed by atoms with Gasteiger partial charge in [-0.3, -0.25) is 0 Å². The van der Waals surface area contributed by atoms with Crippen LogP contribution in [0.15, 0.2) is 39.6 Å². The van der Waals surface area contributed by atoms with E-state index in [2.05, 4.69) is 15.9 Å². The molecule has 1 unspecified atom stereocenters. The van der Waals surface area contributed by atoms with Crippen molar-refractivity contribution in [3.05, 3.63) is 58.0 Å². The Labute approximate surface area is 99.2 Å². The van der Waals surface area contributed by atoms with Gasteiger partial charge in [0.1, 0.15) is 0 Å². The molecule has 16 heavy (non-hydrogen) atoms. The minimum atomic E-state index is -0.934. The third kappa shape index (κ3) is 1.88. The van der Waals surface area contributed by atoms with Crippen LogP contribution in [0.5, 0.6) is 0 Å². The molecule has 0 radical (unpaired) electrons. The van der Waals surface area contributed by atoms with Crippen molar-refractivity contribution in [2.75, 3.05) is 0 Å². The van der Waals surface area contributed by atoms with Crippen LogP contribution >= 0.6 is 15.9 Å². The smallest absolute Gasteiger partial charge is 0.173 e. The van der Waals surface area contributed by atoms with E-state index in [0.717, 1.165) is 6.07 Å². The summed E-state index contributed by atoms with van der Waals surface area (Å²) in [5.41, 5.74) is 7.07. The molecular weight excluding hydrogens is 280 g/mol. The molecule has 1 atom stereocenters. The van der Waals surface area contributed by atoms with Crippen molar-refractivity contribution in [3.8, 4) is 0 Å². The fraction of sp³-hybridized carbons (Fsp3) is 0.0909. The van der Waals surface area contributed by atoms with Gasteiger partial charge in [-0.1, -0.05) is 6.07 Å². The first-order valence-corrected chi connectivity index (χ1v) is 5.31. The van der Waals surface area contributed by atoms with Crippen molar-refractivity contribution in [1.29, 1.82) is 0 Å². The molecule has 5 heteroatoms. The number of furan rings is 1. The van der Waals surface area contributed by atoms with Crippen molar-refractivity contribution in [1.82, 2.24) is 0 Å². The first-order chi connectivity index (χ1) is 7.61. The maximum atomic E-state index is 13.3. The maximum Gasteiger partial charge on any atom is 0.173 e. The molecule has 0 bridgehead atoms. The van der Waals surface area contributed by atoms with E-state index in [4.69, 9.17) is 10.2 Å². The van der Waals surface area contributed by atoms with Crippen molar-refractivity contribution in [3.63, 3.8) is 0 Å². The zero-order valence-corrected chi connectivity index (χ0v) is 9.67. The van der Waals surface area contributed by atoms with Crippen LogP contribution in [0.4, 0.5) is 8.78 Å². The summed E-state index contributed by atoms with van der Waals surface area (Å²) in [6.07, 6.45) is 2.95. The van der Waals surface area contributed by atoms with Gasteiger partial charge in [0.2, 0.25) is 0 Å². The van der Waals surface area contributed by atoms with Gasteiger partial charge in [0.05, 0.1) is 23.0 Å². The summed E-state index contributed by atoms with van der Waals surface area (Å²) < 4.78 is 31.1. The Balaban J connectivity index is 2.45. The molecule has 0 amide bonds. The number of hydrogen-bond donors (Lipinski definition) is 1. The first kappa shape index (κ1) is 11.3. The molecule has 2 N–H and O–H groups in total. The molecule has 0 aliphatic rings. The summed E-state index contributed by atoms with van der Waals surface area (Å²) >= 11 is 2.99. The van der Waals surface area contributed by atoms with Gasteiger partial charge in [0.15, 0.2) is 11.6 Å². The Morgan fingerprint density at radius 1 is 1.25 bits per heavy atom. The molecule has 0 aliphatic carbocycles. The lowest BCUT2D eigenvalue weighted by Crippen LogP contribution is -2.12. The lowest BCUT2D eigenvalue weighted by molar-refractivity contribution is 0.501. The van der Waals surface area contributed by atoms with Gasteiger partial charge in [-0.05, 0) is 33.6 Å². The molecule has 0 spiro atoms. The summed E-state index contributed by atoms with van der Waals surface area (Å²) in [6, 6.07) is 3.62. The second kappa shape index (κ2) is 4.35. The zero-order chi connectivity index (χ0) is 11.7. The highest BCUT2D eigenvalue weighted by atomic mass is 79.9. The van der Waals surface area contributed by atoms with E-state index in [1.807, 2.05) is 0 Å². The van der Waals surface area contributed by atoms with Crippen LogP contribution in [0.3, 0.4) is 0 Å². The van der Waals surface area contributed by atoms with Crippen LogP contribution in [-0.2, 0) is 0 Å². The first-order valence-electron chi connectivity index (χ1n) is 4.52.